The van der Waals surface area contributed by atoms with Gasteiger partial charge in [0.05, 0.1) is 0 Å². The molecule has 0 atom stereocenters. The molecule has 1 nitrogen and oxygen atoms in total. The lowest BCUT2D eigenvalue weighted by Gasteiger charge is -2.06. The molecular formula is C11H16BrNS. The van der Waals surface area contributed by atoms with E-state index in [0.29, 0.717) is 0 Å². The zero-order valence-electron chi connectivity index (χ0n) is 8.42. The van der Waals surface area contributed by atoms with Gasteiger partial charge in [-0.15, -0.1) is 0 Å². The molecular weight excluding hydrogens is 258 g/mol. The maximum atomic E-state index is 5.79. The quantitative estimate of drug-likeness (QED) is 0.647. The maximum Gasteiger partial charge on any atom is 0.0461 e. The molecule has 1 aromatic rings. The van der Waals surface area contributed by atoms with Crippen molar-refractivity contribution in [3.63, 3.8) is 0 Å². The number of hydrogen-bond acceptors (Lipinski definition) is 2. The van der Waals surface area contributed by atoms with E-state index in [1.165, 1.54) is 24.2 Å². The summed E-state index contributed by atoms with van der Waals surface area (Å²) in [7, 11) is 0. The molecule has 0 aliphatic heterocycles. The predicted molar refractivity (Wildman–Crippen MR) is 69.6 cm³/mol. The first-order chi connectivity index (χ1) is 6.75. The SMILES string of the molecule is CCCCSCc1cccc(N)c1Br. The molecule has 2 N–H and O–H groups in total. The van der Waals surface area contributed by atoms with Crippen molar-refractivity contribution in [3.05, 3.63) is 28.2 Å². The van der Waals surface area contributed by atoms with Gasteiger partial charge in [-0.2, -0.15) is 11.8 Å². The van der Waals surface area contributed by atoms with Crippen LogP contribution < -0.4 is 5.73 Å². The highest BCUT2D eigenvalue weighted by Crippen LogP contribution is 2.27. The Morgan fingerprint density at radius 2 is 2.21 bits per heavy atom. The van der Waals surface area contributed by atoms with Gasteiger partial charge in [0.25, 0.3) is 0 Å². The van der Waals surface area contributed by atoms with Crippen LogP contribution in [0.3, 0.4) is 0 Å². The summed E-state index contributed by atoms with van der Waals surface area (Å²) in [6.45, 7) is 2.22. The molecule has 0 aliphatic carbocycles. The minimum atomic E-state index is 0.832. The molecule has 0 fully saturated rings. The number of unbranched alkanes of at least 4 members (excludes halogenated alkanes) is 1. The summed E-state index contributed by atoms with van der Waals surface area (Å²) >= 11 is 5.48. The number of nitrogens with two attached hydrogens (primary N) is 1. The third-order valence-electron chi connectivity index (χ3n) is 2.01. The molecule has 78 valence electrons. The Bertz CT molecular complexity index is 289. The summed E-state index contributed by atoms with van der Waals surface area (Å²) < 4.78 is 1.06. The number of hydrogen-bond donors (Lipinski definition) is 1. The van der Waals surface area contributed by atoms with Gasteiger partial charge >= 0.3 is 0 Å². The van der Waals surface area contributed by atoms with Crippen molar-refractivity contribution in [1.82, 2.24) is 0 Å². The molecule has 0 spiro atoms. The van der Waals surface area contributed by atoms with Crippen LogP contribution in [0.1, 0.15) is 25.3 Å². The zero-order chi connectivity index (χ0) is 10.4. The van der Waals surface area contributed by atoms with Gasteiger partial charge in [-0.1, -0.05) is 25.5 Å². The largest absolute Gasteiger partial charge is 0.398 e. The topological polar surface area (TPSA) is 26.0 Å². The molecule has 0 heterocycles. The molecule has 0 amide bonds. The summed E-state index contributed by atoms with van der Waals surface area (Å²) in [5.41, 5.74) is 7.92. The predicted octanol–water partition coefficient (Wildman–Crippen LogP) is 4.06. The summed E-state index contributed by atoms with van der Waals surface area (Å²) in [6, 6.07) is 6.06. The van der Waals surface area contributed by atoms with Crippen LogP contribution in [0.2, 0.25) is 0 Å². The molecule has 1 aromatic carbocycles. The van der Waals surface area contributed by atoms with Gasteiger partial charge in [0.2, 0.25) is 0 Å². The third kappa shape index (κ3) is 3.54. The van der Waals surface area contributed by atoms with Crippen LogP contribution in [-0.4, -0.2) is 5.75 Å². The van der Waals surface area contributed by atoms with Gasteiger partial charge in [-0.05, 0) is 39.7 Å². The van der Waals surface area contributed by atoms with Crippen LogP contribution in [0, 0.1) is 0 Å². The Morgan fingerprint density at radius 3 is 2.93 bits per heavy atom. The number of rotatable bonds is 5. The molecule has 0 aromatic heterocycles. The number of thioether (sulfide) groups is 1. The van der Waals surface area contributed by atoms with Crippen LogP contribution >= 0.6 is 27.7 Å². The van der Waals surface area contributed by atoms with E-state index in [1.54, 1.807) is 0 Å². The fraction of sp³-hybridized carbons (Fsp3) is 0.455. The zero-order valence-corrected chi connectivity index (χ0v) is 10.8. The van der Waals surface area contributed by atoms with Crippen LogP contribution in [-0.2, 0) is 5.75 Å². The first-order valence-electron chi connectivity index (χ1n) is 4.86. The first-order valence-corrected chi connectivity index (χ1v) is 6.81. The van der Waals surface area contributed by atoms with Gasteiger partial charge in [0, 0.05) is 15.9 Å². The van der Waals surface area contributed by atoms with Crippen molar-refractivity contribution >= 4 is 33.4 Å². The Kier molecular flexibility index (Phi) is 5.41. The van der Waals surface area contributed by atoms with Gasteiger partial charge < -0.3 is 5.73 Å². The highest BCUT2D eigenvalue weighted by Gasteiger charge is 2.02. The second-order valence-corrected chi connectivity index (χ2v) is 5.12. The van der Waals surface area contributed by atoms with Crippen LogP contribution in [0.4, 0.5) is 5.69 Å². The van der Waals surface area contributed by atoms with E-state index in [1.807, 2.05) is 23.9 Å². The van der Waals surface area contributed by atoms with E-state index in [4.69, 9.17) is 5.73 Å². The fourth-order valence-electron chi connectivity index (χ4n) is 1.14. The van der Waals surface area contributed by atoms with E-state index < -0.39 is 0 Å². The van der Waals surface area contributed by atoms with Crippen molar-refractivity contribution in [1.29, 1.82) is 0 Å². The molecule has 0 saturated heterocycles. The number of anilines is 1. The van der Waals surface area contributed by atoms with Gasteiger partial charge in [0.1, 0.15) is 0 Å². The second-order valence-electron chi connectivity index (χ2n) is 3.23. The van der Waals surface area contributed by atoms with Gasteiger partial charge in [-0.25, -0.2) is 0 Å². The minimum Gasteiger partial charge on any atom is -0.398 e. The monoisotopic (exact) mass is 273 g/mol. The van der Waals surface area contributed by atoms with E-state index in [-0.39, 0.29) is 0 Å². The maximum absolute atomic E-state index is 5.79. The summed E-state index contributed by atoms with van der Waals surface area (Å²) in [6.07, 6.45) is 2.57. The van der Waals surface area contributed by atoms with Gasteiger partial charge in [0.15, 0.2) is 0 Å². The molecule has 0 radical (unpaired) electrons. The van der Waals surface area contributed by atoms with E-state index >= 15 is 0 Å². The molecule has 0 aliphatic rings. The molecule has 0 saturated carbocycles. The number of nitrogen functional groups attached to an aromatic ring is 1. The van der Waals surface area contributed by atoms with Crippen molar-refractivity contribution in [2.24, 2.45) is 0 Å². The molecule has 0 bridgehead atoms. The highest BCUT2D eigenvalue weighted by atomic mass is 79.9. The summed E-state index contributed by atoms with van der Waals surface area (Å²) in [5.74, 6) is 2.28. The Labute approximate surface area is 98.6 Å². The first kappa shape index (κ1) is 11.9. The molecule has 14 heavy (non-hydrogen) atoms. The van der Waals surface area contributed by atoms with Crippen LogP contribution in [0.15, 0.2) is 22.7 Å². The lowest BCUT2D eigenvalue weighted by molar-refractivity contribution is 0.896. The van der Waals surface area contributed by atoms with Crippen LogP contribution in [0.5, 0.6) is 0 Å². The fourth-order valence-corrected chi connectivity index (χ4v) is 2.83. The van der Waals surface area contributed by atoms with Crippen molar-refractivity contribution in [2.45, 2.75) is 25.5 Å². The summed E-state index contributed by atoms with van der Waals surface area (Å²) in [5, 5.41) is 0. The van der Waals surface area contributed by atoms with E-state index in [9.17, 15) is 0 Å². The lowest BCUT2D eigenvalue weighted by Crippen LogP contribution is -1.91. The average Bonchev–Trinajstić information content (AvgIpc) is 2.19. The van der Waals surface area contributed by atoms with E-state index in [0.717, 1.165) is 15.9 Å². The average molecular weight is 274 g/mol. The molecule has 0 unspecified atom stereocenters. The Balaban J connectivity index is 2.46. The standard InChI is InChI=1S/C11H16BrNS/c1-2-3-7-14-8-9-5-4-6-10(13)11(9)12/h4-6H,2-3,7-8,13H2,1H3. The molecule has 1 rings (SSSR count). The van der Waals surface area contributed by atoms with E-state index in [2.05, 4.69) is 28.9 Å². The second kappa shape index (κ2) is 6.36. The van der Waals surface area contributed by atoms with Gasteiger partial charge in [-0.3, -0.25) is 0 Å². The van der Waals surface area contributed by atoms with Crippen molar-refractivity contribution in [3.8, 4) is 0 Å². The third-order valence-corrected chi connectivity index (χ3v) is 4.07. The summed E-state index contributed by atoms with van der Waals surface area (Å²) in [4.78, 5) is 0. The molecule has 3 heteroatoms. The smallest absolute Gasteiger partial charge is 0.0461 e. The Morgan fingerprint density at radius 1 is 1.43 bits per heavy atom. The van der Waals surface area contributed by atoms with Crippen molar-refractivity contribution < 1.29 is 0 Å². The van der Waals surface area contributed by atoms with Crippen molar-refractivity contribution in [2.75, 3.05) is 11.5 Å². The highest BCUT2D eigenvalue weighted by molar-refractivity contribution is 9.10. The normalized spacial score (nSPS) is 10.4. The number of benzene rings is 1. The lowest BCUT2D eigenvalue weighted by atomic mass is 10.2. The van der Waals surface area contributed by atoms with Crippen LogP contribution in [0.25, 0.3) is 0 Å². The number of halogens is 1. The minimum absolute atomic E-state index is 0.832. The Hall–Kier alpha value is -0.150.